The molecule has 0 amide bonds. The summed E-state index contributed by atoms with van der Waals surface area (Å²) in [5.41, 5.74) is 2.31. The fourth-order valence-electron chi connectivity index (χ4n) is 2.01. The fraction of sp³-hybridized carbons (Fsp3) is 0.214. The molecule has 5 heteroatoms. The third-order valence-electron chi connectivity index (χ3n) is 2.95. The van der Waals surface area contributed by atoms with Crippen molar-refractivity contribution in [1.29, 1.82) is 0 Å². The van der Waals surface area contributed by atoms with Crippen LogP contribution in [0.4, 0.5) is 5.82 Å². The molecular formula is C14H14N4S. The summed E-state index contributed by atoms with van der Waals surface area (Å²) < 4.78 is 0. The molecule has 0 atom stereocenters. The number of rotatable bonds is 4. The first-order chi connectivity index (χ1) is 9.34. The van der Waals surface area contributed by atoms with E-state index in [0.717, 1.165) is 34.7 Å². The SMILES string of the molecule is Cc1csc2ncnc(NCCc3ccccn3)c12. The van der Waals surface area contributed by atoms with Gasteiger partial charge in [-0.1, -0.05) is 6.07 Å². The van der Waals surface area contributed by atoms with E-state index in [9.17, 15) is 0 Å². The predicted molar refractivity (Wildman–Crippen MR) is 78.6 cm³/mol. The van der Waals surface area contributed by atoms with Crippen LogP contribution in [-0.2, 0) is 6.42 Å². The smallest absolute Gasteiger partial charge is 0.138 e. The molecule has 3 aromatic rings. The Bertz CT molecular complexity index is 678. The molecule has 0 aliphatic carbocycles. The normalized spacial score (nSPS) is 10.8. The zero-order valence-electron chi connectivity index (χ0n) is 10.6. The van der Waals surface area contributed by atoms with E-state index in [4.69, 9.17) is 0 Å². The molecule has 3 rings (SSSR count). The van der Waals surface area contributed by atoms with Gasteiger partial charge in [-0.2, -0.15) is 0 Å². The van der Waals surface area contributed by atoms with Gasteiger partial charge < -0.3 is 5.32 Å². The highest BCUT2D eigenvalue weighted by molar-refractivity contribution is 7.17. The van der Waals surface area contributed by atoms with E-state index >= 15 is 0 Å². The van der Waals surface area contributed by atoms with Crippen molar-refractivity contribution in [3.05, 3.63) is 47.4 Å². The Hall–Kier alpha value is -2.01. The fourth-order valence-corrected chi connectivity index (χ4v) is 2.90. The van der Waals surface area contributed by atoms with Crippen LogP contribution in [0.3, 0.4) is 0 Å². The molecule has 0 aliphatic rings. The van der Waals surface area contributed by atoms with Crippen LogP contribution < -0.4 is 5.32 Å². The average molecular weight is 270 g/mol. The Balaban J connectivity index is 1.74. The van der Waals surface area contributed by atoms with Crippen LogP contribution >= 0.6 is 11.3 Å². The minimum Gasteiger partial charge on any atom is -0.369 e. The third kappa shape index (κ3) is 2.56. The van der Waals surface area contributed by atoms with E-state index < -0.39 is 0 Å². The van der Waals surface area contributed by atoms with E-state index in [1.54, 1.807) is 17.7 Å². The first-order valence-corrected chi connectivity index (χ1v) is 7.05. The van der Waals surface area contributed by atoms with Gasteiger partial charge in [0.1, 0.15) is 17.0 Å². The predicted octanol–water partition coefficient (Wildman–Crippen LogP) is 3.05. The number of aromatic nitrogens is 3. The number of nitrogens with zero attached hydrogens (tertiary/aromatic N) is 3. The number of thiophene rings is 1. The monoisotopic (exact) mass is 270 g/mol. The summed E-state index contributed by atoms with van der Waals surface area (Å²) >= 11 is 1.65. The van der Waals surface area contributed by atoms with Gasteiger partial charge in [0.25, 0.3) is 0 Å². The van der Waals surface area contributed by atoms with Gasteiger partial charge in [0.15, 0.2) is 0 Å². The maximum absolute atomic E-state index is 4.34. The van der Waals surface area contributed by atoms with Crippen LogP contribution in [0.1, 0.15) is 11.3 Å². The number of pyridine rings is 1. The van der Waals surface area contributed by atoms with Crippen LogP contribution in [-0.4, -0.2) is 21.5 Å². The lowest BCUT2D eigenvalue weighted by Crippen LogP contribution is -2.07. The summed E-state index contributed by atoms with van der Waals surface area (Å²) in [5, 5.41) is 6.63. The van der Waals surface area contributed by atoms with Crippen molar-refractivity contribution >= 4 is 27.4 Å². The van der Waals surface area contributed by atoms with Gasteiger partial charge in [-0.15, -0.1) is 11.3 Å². The molecule has 3 heterocycles. The van der Waals surface area contributed by atoms with Crippen molar-refractivity contribution in [2.24, 2.45) is 0 Å². The van der Waals surface area contributed by atoms with Gasteiger partial charge in [0.2, 0.25) is 0 Å². The van der Waals surface area contributed by atoms with Gasteiger partial charge in [-0.05, 0) is 30.0 Å². The summed E-state index contributed by atoms with van der Waals surface area (Å²) in [6.45, 7) is 2.91. The Morgan fingerprint density at radius 1 is 1.21 bits per heavy atom. The van der Waals surface area contributed by atoms with Crippen molar-refractivity contribution < 1.29 is 0 Å². The lowest BCUT2D eigenvalue weighted by Gasteiger charge is -2.06. The number of fused-ring (bicyclic) bond motifs is 1. The molecule has 0 bridgehead atoms. The highest BCUT2D eigenvalue weighted by Crippen LogP contribution is 2.28. The molecule has 0 spiro atoms. The number of anilines is 1. The number of aryl methyl sites for hydroxylation is 1. The largest absolute Gasteiger partial charge is 0.369 e. The first kappa shape index (κ1) is 12.0. The molecule has 4 nitrogen and oxygen atoms in total. The Morgan fingerprint density at radius 3 is 3.00 bits per heavy atom. The molecule has 19 heavy (non-hydrogen) atoms. The van der Waals surface area contributed by atoms with Crippen molar-refractivity contribution in [1.82, 2.24) is 15.0 Å². The number of nitrogens with one attached hydrogen (secondary N) is 1. The Kier molecular flexibility index (Phi) is 3.37. The molecule has 0 saturated heterocycles. The number of hydrogen-bond donors (Lipinski definition) is 1. The molecule has 0 fully saturated rings. The molecule has 0 aromatic carbocycles. The zero-order chi connectivity index (χ0) is 13.1. The van der Waals surface area contributed by atoms with E-state index in [2.05, 4.69) is 32.6 Å². The lowest BCUT2D eigenvalue weighted by molar-refractivity contribution is 0.954. The molecule has 0 radical (unpaired) electrons. The lowest BCUT2D eigenvalue weighted by atomic mass is 10.2. The van der Waals surface area contributed by atoms with Crippen LogP contribution in [0.5, 0.6) is 0 Å². The minimum atomic E-state index is 0.818. The van der Waals surface area contributed by atoms with Crippen molar-refractivity contribution in [2.75, 3.05) is 11.9 Å². The summed E-state index contributed by atoms with van der Waals surface area (Å²) in [5.74, 6) is 0.916. The van der Waals surface area contributed by atoms with Crippen LogP contribution in [0.15, 0.2) is 36.1 Å². The van der Waals surface area contributed by atoms with Crippen molar-refractivity contribution in [3.63, 3.8) is 0 Å². The first-order valence-electron chi connectivity index (χ1n) is 6.17. The maximum Gasteiger partial charge on any atom is 0.138 e. The van der Waals surface area contributed by atoms with E-state index in [-0.39, 0.29) is 0 Å². The van der Waals surface area contributed by atoms with Crippen LogP contribution in [0.25, 0.3) is 10.2 Å². The zero-order valence-corrected chi connectivity index (χ0v) is 11.4. The van der Waals surface area contributed by atoms with Gasteiger partial charge in [0.05, 0.1) is 5.39 Å². The second-order valence-electron chi connectivity index (χ2n) is 4.32. The van der Waals surface area contributed by atoms with Gasteiger partial charge >= 0.3 is 0 Å². The summed E-state index contributed by atoms with van der Waals surface area (Å²) in [4.78, 5) is 14.0. The quantitative estimate of drug-likeness (QED) is 0.791. The molecule has 0 unspecified atom stereocenters. The molecule has 1 N–H and O–H groups in total. The summed E-state index contributed by atoms with van der Waals surface area (Å²) in [6, 6.07) is 5.97. The summed E-state index contributed by atoms with van der Waals surface area (Å²) in [6.07, 6.45) is 4.32. The third-order valence-corrected chi connectivity index (χ3v) is 3.96. The standard InChI is InChI=1S/C14H14N4S/c1-10-8-19-14-12(10)13(17-9-18-14)16-7-5-11-4-2-3-6-15-11/h2-4,6,8-9H,5,7H2,1H3,(H,16,17,18). The Labute approximate surface area is 115 Å². The van der Waals surface area contributed by atoms with E-state index in [0.29, 0.717) is 0 Å². The minimum absolute atomic E-state index is 0.818. The van der Waals surface area contributed by atoms with Crippen LogP contribution in [0.2, 0.25) is 0 Å². The molecular weight excluding hydrogens is 256 g/mol. The van der Waals surface area contributed by atoms with Gasteiger partial charge in [0, 0.05) is 24.9 Å². The second kappa shape index (κ2) is 5.32. The van der Waals surface area contributed by atoms with Crippen molar-refractivity contribution in [3.8, 4) is 0 Å². The van der Waals surface area contributed by atoms with E-state index in [1.165, 1.54) is 5.56 Å². The summed E-state index contributed by atoms with van der Waals surface area (Å²) in [7, 11) is 0. The molecule has 0 saturated carbocycles. The van der Waals surface area contributed by atoms with Crippen LogP contribution in [0, 0.1) is 6.92 Å². The van der Waals surface area contributed by atoms with E-state index in [1.807, 2.05) is 24.4 Å². The number of hydrogen-bond acceptors (Lipinski definition) is 5. The highest BCUT2D eigenvalue weighted by atomic mass is 32.1. The maximum atomic E-state index is 4.34. The topological polar surface area (TPSA) is 50.7 Å². The molecule has 3 aromatic heterocycles. The Morgan fingerprint density at radius 2 is 2.16 bits per heavy atom. The highest BCUT2D eigenvalue weighted by Gasteiger charge is 2.07. The van der Waals surface area contributed by atoms with Gasteiger partial charge in [-0.3, -0.25) is 4.98 Å². The van der Waals surface area contributed by atoms with Crippen molar-refractivity contribution in [2.45, 2.75) is 13.3 Å². The molecule has 96 valence electrons. The average Bonchev–Trinajstić information content (AvgIpc) is 2.83. The second-order valence-corrected chi connectivity index (χ2v) is 5.18. The molecule has 0 aliphatic heterocycles. The van der Waals surface area contributed by atoms with Gasteiger partial charge in [-0.25, -0.2) is 9.97 Å².